The van der Waals surface area contributed by atoms with Gasteiger partial charge >= 0.3 is 0 Å². The summed E-state index contributed by atoms with van der Waals surface area (Å²) in [6, 6.07) is 1.51. The quantitative estimate of drug-likeness (QED) is 0.909. The predicted molar refractivity (Wildman–Crippen MR) is 95.3 cm³/mol. The van der Waals surface area contributed by atoms with Crippen LogP contribution in [0.4, 0.5) is 0 Å². The van der Waals surface area contributed by atoms with Crippen molar-refractivity contribution in [2.45, 2.75) is 33.2 Å². The van der Waals surface area contributed by atoms with Crippen molar-refractivity contribution in [1.82, 2.24) is 25.0 Å². The maximum Gasteiger partial charge on any atom is 0.254 e. The Morgan fingerprint density at radius 2 is 2.16 bits per heavy atom. The first-order chi connectivity index (χ1) is 12.0. The number of carbonyl (C=O) groups excluding carboxylic acids is 2. The predicted octanol–water partition coefficient (Wildman–Crippen LogP) is 2.25. The number of aromatic nitrogens is 3. The van der Waals surface area contributed by atoms with E-state index in [4.69, 9.17) is 0 Å². The smallest absolute Gasteiger partial charge is 0.254 e. The van der Waals surface area contributed by atoms with Crippen LogP contribution in [0.3, 0.4) is 0 Å². The molecule has 2 aromatic rings. The van der Waals surface area contributed by atoms with Crippen LogP contribution in [0.25, 0.3) is 0 Å². The average molecular weight is 361 g/mol. The van der Waals surface area contributed by atoms with Crippen molar-refractivity contribution >= 4 is 23.2 Å². The molecule has 1 atom stereocenters. The summed E-state index contributed by atoms with van der Waals surface area (Å²) in [4.78, 5) is 33.6. The molecule has 1 saturated heterocycles. The highest BCUT2D eigenvalue weighted by molar-refractivity contribution is 7.08. The van der Waals surface area contributed by atoms with E-state index in [0.29, 0.717) is 36.8 Å². The van der Waals surface area contributed by atoms with Crippen LogP contribution in [0.1, 0.15) is 48.3 Å². The molecule has 25 heavy (non-hydrogen) atoms. The third-order valence-corrected chi connectivity index (χ3v) is 5.02. The van der Waals surface area contributed by atoms with Crippen LogP contribution >= 0.6 is 11.3 Å². The minimum Gasteiger partial charge on any atom is -0.336 e. The van der Waals surface area contributed by atoms with Crippen LogP contribution in [0, 0.1) is 12.8 Å². The Labute approximate surface area is 151 Å². The fraction of sp³-hybridized carbons (Fsp3) is 0.529. The number of nitrogens with one attached hydrogen (secondary N) is 1. The standard InChI is InChI=1S/C17H23N5O2S/c1-11(2)16(23)22-7-4-6-21(17(24)13-5-8-25-10-13)9-14(22)15-18-12(3)19-20-15/h5,8,10-11,14H,4,6-7,9H2,1-3H3,(H,18,19,20). The van der Waals surface area contributed by atoms with Gasteiger partial charge in [0.2, 0.25) is 5.91 Å². The molecule has 1 aliphatic rings. The van der Waals surface area contributed by atoms with Crippen molar-refractivity contribution < 1.29 is 9.59 Å². The van der Waals surface area contributed by atoms with Crippen molar-refractivity contribution in [3.8, 4) is 0 Å². The molecule has 0 aromatic carbocycles. The number of thiophene rings is 1. The van der Waals surface area contributed by atoms with Gasteiger partial charge in [-0.3, -0.25) is 14.7 Å². The summed E-state index contributed by atoms with van der Waals surface area (Å²) < 4.78 is 0. The van der Waals surface area contributed by atoms with E-state index >= 15 is 0 Å². The Morgan fingerprint density at radius 3 is 2.76 bits per heavy atom. The van der Waals surface area contributed by atoms with Crippen LogP contribution in [0.15, 0.2) is 16.8 Å². The highest BCUT2D eigenvalue weighted by atomic mass is 32.1. The zero-order valence-electron chi connectivity index (χ0n) is 14.7. The second kappa shape index (κ2) is 7.35. The molecule has 0 radical (unpaired) electrons. The van der Waals surface area contributed by atoms with Gasteiger partial charge in [-0.05, 0) is 24.8 Å². The molecule has 134 valence electrons. The largest absolute Gasteiger partial charge is 0.336 e. The van der Waals surface area contributed by atoms with Crippen LogP contribution < -0.4 is 0 Å². The highest BCUT2D eigenvalue weighted by Crippen LogP contribution is 2.25. The van der Waals surface area contributed by atoms with Gasteiger partial charge in [-0.25, -0.2) is 4.98 Å². The Hall–Kier alpha value is -2.22. The lowest BCUT2D eigenvalue weighted by molar-refractivity contribution is -0.137. The van der Waals surface area contributed by atoms with Gasteiger partial charge in [0.05, 0.1) is 5.56 Å². The monoisotopic (exact) mass is 361 g/mol. The first-order valence-electron chi connectivity index (χ1n) is 8.48. The summed E-state index contributed by atoms with van der Waals surface area (Å²) in [5.41, 5.74) is 0.693. The minimum atomic E-state index is -0.329. The van der Waals surface area contributed by atoms with Crippen LogP contribution in [0.2, 0.25) is 0 Å². The molecule has 0 saturated carbocycles. The summed E-state index contributed by atoms with van der Waals surface area (Å²) in [6.07, 6.45) is 0.744. The fourth-order valence-corrected chi connectivity index (χ4v) is 3.69. The van der Waals surface area contributed by atoms with E-state index in [1.807, 2.05) is 47.4 Å². The lowest BCUT2D eigenvalue weighted by Crippen LogP contribution is -2.42. The van der Waals surface area contributed by atoms with Gasteiger partial charge in [0, 0.05) is 30.9 Å². The number of H-pyrrole nitrogens is 1. The summed E-state index contributed by atoms with van der Waals surface area (Å²) in [5.74, 6) is 1.22. The van der Waals surface area contributed by atoms with Gasteiger partial charge < -0.3 is 9.80 Å². The van der Waals surface area contributed by atoms with Gasteiger partial charge in [0.25, 0.3) is 5.91 Å². The molecular formula is C17H23N5O2S. The summed E-state index contributed by atoms with van der Waals surface area (Å²) >= 11 is 1.51. The Bertz CT molecular complexity index is 740. The second-order valence-corrected chi connectivity index (χ2v) is 7.38. The number of hydrogen-bond donors (Lipinski definition) is 1. The number of aromatic amines is 1. The Morgan fingerprint density at radius 1 is 1.36 bits per heavy atom. The number of aryl methyl sites for hydroxylation is 1. The SMILES string of the molecule is Cc1nc(C2CN(C(=O)c3ccsc3)CCCN2C(=O)C(C)C)n[nH]1. The molecule has 3 heterocycles. The third-order valence-electron chi connectivity index (χ3n) is 4.34. The van der Waals surface area contributed by atoms with Crippen LogP contribution in [-0.4, -0.2) is 56.4 Å². The van der Waals surface area contributed by atoms with Crippen molar-refractivity contribution in [3.63, 3.8) is 0 Å². The number of hydrogen-bond acceptors (Lipinski definition) is 5. The molecule has 7 nitrogen and oxygen atoms in total. The van der Waals surface area contributed by atoms with Crippen LogP contribution in [-0.2, 0) is 4.79 Å². The number of carbonyl (C=O) groups is 2. The van der Waals surface area contributed by atoms with Crippen LogP contribution in [0.5, 0.6) is 0 Å². The summed E-state index contributed by atoms with van der Waals surface area (Å²) in [5, 5.41) is 10.9. The average Bonchev–Trinajstić information content (AvgIpc) is 3.21. The fourth-order valence-electron chi connectivity index (χ4n) is 3.07. The van der Waals surface area contributed by atoms with E-state index in [0.717, 1.165) is 6.42 Å². The molecule has 0 spiro atoms. The Balaban J connectivity index is 1.90. The minimum absolute atomic E-state index is 0.00245. The van der Waals surface area contributed by atoms with Gasteiger partial charge in [-0.1, -0.05) is 13.8 Å². The van der Waals surface area contributed by atoms with E-state index in [-0.39, 0.29) is 23.8 Å². The van der Waals surface area contributed by atoms with E-state index < -0.39 is 0 Å². The van der Waals surface area contributed by atoms with Crippen molar-refractivity contribution in [1.29, 1.82) is 0 Å². The first-order valence-corrected chi connectivity index (χ1v) is 9.42. The molecule has 1 N–H and O–H groups in total. The molecule has 0 bridgehead atoms. The molecule has 1 unspecified atom stereocenters. The molecule has 1 aliphatic heterocycles. The molecule has 2 amide bonds. The zero-order valence-corrected chi connectivity index (χ0v) is 15.5. The first kappa shape index (κ1) is 17.6. The number of rotatable bonds is 3. The van der Waals surface area contributed by atoms with E-state index in [1.54, 1.807) is 0 Å². The lowest BCUT2D eigenvalue weighted by atomic mass is 10.1. The number of amides is 2. The summed E-state index contributed by atoms with van der Waals surface area (Å²) in [6.45, 7) is 7.24. The van der Waals surface area contributed by atoms with E-state index in [9.17, 15) is 9.59 Å². The van der Waals surface area contributed by atoms with E-state index in [1.165, 1.54) is 11.3 Å². The third kappa shape index (κ3) is 3.73. The molecular weight excluding hydrogens is 338 g/mol. The van der Waals surface area contributed by atoms with Gasteiger partial charge in [-0.2, -0.15) is 16.4 Å². The molecule has 1 fully saturated rings. The van der Waals surface area contributed by atoms with Gasteiger partial charge in [0.15, 0.2) is 5.82 Å². The molecule has 2 aromatic heterocycles. The summed E-state index contributed by atoms with van der Waals surface area (Å²) in [7, 11) is 0. The van der Waals surface area contributed by atoms with Crippen molar-refractivity contribution in [3.05, 3.63) is 34.0 Å². The molecule has 0 aliphatic carbocycles. The zero-order chi connectivity index (χ0) is 18.0. The lowest BCUT2D eigenvalue weighted by Gasteiger charge is -2.31. The van der Waals surface area contributed by atoms with Crippen molar-refractivity contribution in [2.75, 3.05) is 19.6 Å². The van der Waals surface area contributed by atoms with Gasteiger partial charge in [0.1, 0.15) is 11.9 Å². The normalized spacial score (nSPS) is 18.5. The molecule has 3 rings (SSSR count). The topological polar surface area (TPSA) is 82.2 Å². The number of nitrogens with zero attached hydrogens (tertiary/aromatic N) is 4. The maximum atomic E-state index is 12.8. The highest BCUT2D eigenvalue weighted by Gasteiger charge is 2.34. The van der Waals surface area contributed by atoms with E-state index in [2.05, 4.69) is 15.2 Å². The van der Waals surface area contributed by atoms with Gasteiger partial charge in [-0.15, -0.1) is 0 Å². The second-order valence-electron chi connectivity index (χ2n) is 6.60. The maximum absolute atomic E-state index is 12.8. The van der Waals surface area contributed by atoms with Crippen molar-refractivity contribution in [2.24, 2.45) is 5.92 Å². The Kier molecular flexibility index (Phi) is 5.17. The molecule has 8 heteroatoms.